The molecule has 1 fully saturated rings. The van der Waals surface area contributed by atoms with Gasteiger partial charge in [-0.1, -0.05) is 29.8 Å². The number of pyridine rings is 1. The number of imidazole rings is 1. The van der Waals surface area contributed by atoms with Gasteiger partial charge in [-0.25, -0.2) is 19.2 Å². The number of nitrogens with zero attached hydrogens (tertiary/aromatic N) is 4. The first-order valence-electron chi connectivity index (χ1n) is 13.7. The van der Waals surface area contributed by atoms with Crippen molar-refractivity contribution in [3.05, 3.63) is 81.3 Å². The number of hydrogen-bond donors (Lipinski definition) is 0. The van der Waals surface area contributed by atoms with Crippen molar-refractivity contribution in [2.45, 2.75) is 45.6 Å². The maximum Gasteiger partial charge on any atom is 0.348 e. The monoisotopic (exact) mass is 596 g/mol. The van der Waals surface area contributed by atoms with Crippen LogP contribution in [0.5, 0.6) is 5.88 Å². The molecule has 2 aliphatic heterocycles. The second-order valence-corrected chi connectivity index (χ2v) is 11.5. The highest BCUT2D eigenvalue weighted by Crippen LogP contribution is 2.30. The number of halogens is 2. The van der Waals surface area contributed by atoms with Gasteiger partial charge in [0, 0.05) is 36.3 Å². The van der Waals surface area contributed by atoms with Crippen molar-refractivity contribution in [2.75, 3.05) is 26.3 Å². The van der Waals surface area contributed by atoms with E-state index in [2.05, 4.69) is 20.5 Å². The largest absolute Gasteiger partial charge is 0.473 e. The number of aromatic nitrogens is 3. The Kier molecular flexibility index (Phi) is 8.34. The lowest BCUT2D eigenvalue weighted by Gasteiger charge is -2.29. The number of carbonyl (C=O) groups is 1. The maximum atomic E-state index is 14.1. The zero-order valence-corrected chi connectivity index (χ0v) is 24.2. The predicted molar refractivity (Wildman–Crippen MR) is 156 cm³/mol. The molecule has 0 N–H and O–H groups in total. The van der Waals surface area contributed by atoms with E-state index in [0.717, 1.165) is 66.5 Å². The second kappa shape index (κ2) is 12.3. The second-order valence-electron chi connectivity index (χ2n) is 10.0. The average molecular weight is 597 g/mol. The van der Waals surface area contributed by atoms with Crippen molar-refractivity contribution < 1.29 is 23.4 Å². The van der Waals surface area contributed by atoms with Gasteiger partial charge in [0.15, 0.2) is 0 Å². The van der Waals surface area contributed by atoms with Crippen molar-refractivity contribution in [3.8, 4) is 5.88 Å². The number of ether oxygens (including phenoxy) is 3. The highest BCUT2D eigenvalue weighted by atomic mass is 35.5. The van der Waals surface area contributed by atoms with E-state index in [1.807, 2.05) is 18.2 Å². The number of thiophene rings is 1. The summed E-state index contributed by atoms with van der Waals surface area (Å²) in [5.41, 5.74) is 3.38. The standard InChI is InChI=1S/C30H30ClFN4O4S/c1-2-38-30(37)26-15-25-29(41-26)34-27(36(25)16-22-10-13-39-22)17-35-11-8-19(9-12-35)24-4-3-5-28(33-24)40-18-20-6-7-21(31)14-23(20)32/h3-8,14-15,22H,2,9-13,16-18H2,1H3. The van der Waals surface area contributed by atoms with E-state index >= 15 is 0 Å². The van der Waals surface area contributed by atoms with E-state index in [9.17, 15) is 9.18 Å². The van der Waals surface area contributed by atoms with E-state index in [1.54, 1.807) is 25.1 Å². The molecule has 5 heterocycles. The molecule has 2 aliphatic rings. The summed E-state index contributed by atoms with van der Waals surface area (Å²) in [5, 5.41) is 0.351. The summed E-state index contributed by atoms with van der Waals surface area (Å²) in [6.07, 6.45) is 4.21. The van der Waals surface area contributed by atoms with Crippen LogP contribution in [0.25, 0.3) is 15.9 Å². The van der Waals surface area contributed by atoms with Crippen molar-refractivity contribution in [1.29, 1.82) is 0 Å². The molecule has 0 aliphatic carbocycles. The summed E-state index contributed by atoms with van der Waals surface area (Å²) in [6.45, 7) is 6.02. The minimum absolute atomic E-state index is 0.0730. The molecule has 0 amide bonds. The predicted octanol–water partition coefficient (Wildman–Crippen LogP) is 6.12. The van der Waals surface area contributed by atoms with Crippen LogP contribution in [0.2, 0.25) is 5.02 Å². The molecule has 1 saturated heterocycles. The third-order valence-electron chi connectivity index (χ3n) is 7.28. The Morgan fingerprint density at radius 3 is 2.85 bits per heavy atom. The van der Waals surface area contributed by atoms with Crippen molar-refractivity contribution in [3.63, 3.8) is 0 Å². The lowest BCUT2D eigenvalue weighted by Crippen LogP contribution is -2.33. The molecule has 8 nitrogen and oxygen atoms in total. The Bertz CT molecular complexity index is 1600. The van der Waals surface area contributed by atoms with Gasteiger partial charge < -0.3 is 18.8 Å². The van der Waals surface area contributed by atoms with Gasteiger partial charge in [-0.3, -0.25) is 4.90 Å². The van der Waals surface area contributed by atoms with Crippen LogP contribution in [0, 0.1) is 5.82 Å². The van der Waals surface area contributed by atoms with Crippen LogP contribution in [0.15, 0.2) is 48.5 Å². The number of rotatable bonds is 10. The van der Waals surface area contributed by atoms with Crippen LogP contribution >= 0.6 is 22.9 Å². The first-order chi connectivity index (χ1) is 20.0. The summed E-state index contributed by atoms with van der Waals surface area (Å²) in [4.78, 5) is 25.6. The van der Waals surface area contributed by atoms with Crippen LogP contribution in [0.3, 0.4) is 0 Å². The third-order valence-corrected chi connectivity index (χ3v) is 8.52. The molecule has 11 heteroatoms. The Balaban J connectivity index is 1.13. The van der Waals surface area contributed by atoms with Gasteiger partial charge in [0.25, 0.3) is 0 Å². The van der Waals surface area contributed by atoms with Crippen LogP contribution in [-0.4, -0.2) is 57.8 Å². The Labute approximate surface area is 246 Å². The summed E-state index contributed by atoms with van der Waals surface area (Å²) in [7, 11) is 0. The normalized spacial score (nSPS) is 17.3. The van der Waals surface area contributed by atoms with Gasteiger partial charge in [0.2, 0.25) is 5.88 Å². The molecule has 0 spiro atoms. The summed E-state index contributed by atoms with van der Waals surface area (Å²) in [5.74, 6) is 0.709. The van der Waals surface area contributed by atoms with Crippen LogP contribution in [0.1, 0.15) is 46.5 Å². The van der Waals surface area contributed by atoms with Gasteiger partial charge in [0.1, 0.15) is 28.0 Å². The molecule has 1 aromatic carbocycles. The molecule has 0 bridgehead atoms. The fourth-order valence-electron chi connectivity index (χ4n) is 4.97. The summed E-state index contributed by atoms with van der Waals surface area (Å²) < 4.78 is 33.0. The highest BCUT2D eigenvalue weighted by molar-refractivity contribution is 7.20. The summed E-state index contributed by atoms with van der Waals surface area (Å²) >= 11 is 7.22. The molecule has 6 rings (SSSR count). The van der Waals surface area contributed by atoms with Gasteiger partial charge in [-0.2, -0.15) is 0 Å². The topological polar surface area (TPSA) is 78.7 Å². The zero-order valence-electron chi connectivity index (χ0n) is 22.6. The van der Waals surface area contributed by atoms with E-state index in [-0.39, 0.29) is 18.7 Å². The Morgan fingerprint density at radius 2 is 2.12 bits per heavy atom. The molecular formula is C30H30ClFN4O4S. The summed E-state index contributed by atoms with van der Waals surface area (Å²) in [6, 6.07) is 12.1. The lowest BCUT2D eigenvalue weighted by atomic mass is 10.0. The molecule has 3 aromatic heterocycles. The maximum absolute atomic E-state index is 14.1. The molecule has 1 unspecified atom stereocenters. The van der Waals surface area contributed by atoms with E-state index < -0.39 is 5.82 Å². The fraction of sp³-hybridized carbons (Fsp3) is 0.367. The van der Waals surface area contributed by atoms with Crippen LogP contribution in [-0.2, 0) is 29.2 Å². The van der Waals surface area contributed by atoms with Gasteiger partial charge >= 0.3 is 5.97 Å². The van der Waals surface area contributed by atoms with Crippen molar-refractivity contribution in [2.24, 2.45) is 0 Å². The van der Waals surface area contributed by atoms with Gasteiger partial charge in [0.05, 0.1) is 37.0 Å². The number of fused-ring (bicyclic) bond motifs is 1. The molecule has 214 valence electrons. The highest BCUT2D eigenvalue weighted by Gasteiger charge is 2.25. The first kappa shape index (κ1) is 27.8. The van der Waals surface area contributed by atoms with E-state index in [4.69, 9.17) is 30.8 Å². The van der Waals surface area contributed by atoms with E-state index in [0.29, 0.717) is 34.5 Å². The van der Waals surface area contributed by atoms with Crippen LogP contribution in [0.4, 0.5) is 4.39 Å². The number of hydrogen-bond acceptors (Lipinski definition) is 8. The lowest BCUT2D eigenvalue weighted by molar-refractivity contribution is -0.0591. The third kappa shape index (κ3) is 6.30. The quantitative estimate of drug-likeness (QED) is 0.204. The molecule has 4 aromatic rings. The van der Waals surface area contributed by atoms with Gasteiger partial charge in [-0.15, -0.1) is 11.3 Å². The molecule has 0 radical (unpaired) electrons. The molecule has 41 heavy (non-hydrogen) atoms. The minimum Gasteiger partial charge on any atom is -0.473 e. The fourth-order valence-corrected chi connectivity index (χ4v) is 6.08. The molecular weight excluding hydrogens is 567 g/mol. The van der Waals surface area contributed by atoms with Crippen LogP contribution < -0.4 is 4.74 Å². The average Bonchev–Trinajstić information content (AvgIpc) is 3.49. The SMILES string of the molecule is CCOC(=O)c1cc2c(nc(CN3CC=C(c4cccc(OCc5ccc(Cl)cc5F)n4)CC3)n2CC2CCO2)s1. The Hall–Kier alpha value is -3.31. The van der Waals surface area contributed by atoms with E-state index in [1.165, 1.54) is 17.4 Å². The molecule has 1 atom stereocenters. The zero-order chi connectivity index (χ0) is 28.3. The first-order valence-corrected chi connectivity index (χ1v) is 14.9. The number of esters is 1. The number of carbonyl (C=O) groups excluding carboxylic acids is 1. The van der Waals surface area contributed by atoms with Gasteiger partial charge in [-0.05, 0) is 49.6 Å². The minimum atomic E-state index is -0.399. The smallest absolute Gasteiger partial charge is 0.348 e. The Morgan fingerprint density at radius 1 is 1.24 bits per heavy atom. The molecule has 0 saturated carbocycles. The van der Waals surface area contributed by atoms with Crippen molar-refractivity contribution >= 4 is 44.8 Å². The number of benzene rings is 1. The van der Waals surface area contributed by atoms with Crippen molar-refractivity contribution in [1.82, 2.24) is 19.4 Å².